The molecule has 0 saturated heterocycles. The zero-order valence-electron chi connectivity index (χ0n) is 5.06. The van der Waals surface area contributed by atoms with Crippen LogP contribution in [-0.4, -0.2) is 13.0 Å². The first-order chi connectivity index (χ1) is 3.86. The first-order valence-electron chi connectivity index (χ1n) is 3.47. The molecule has 0 nitrogen and oxygen atoms in total. The summed E-state index contributed by atoms with van der Waals surface area (Å²) >= 11 is 0. The molecule has 2 unspecified atom stereocenters. The number of hydrogen-bond donors (Lipinski definition) is 0. The monoisotopic (exact) mass is 105 g/mol. The molecule has 2 aliphatic carbocycles. The van der Waals surface area contributed by atoms with Crippen LogP contribution in [-0.2, 0) is 0 Å². The SMILES string of the molecule is [B]=C1CC2CCC1C2. The third kappa shape index (κ3) is 0.504. The summed E-state index contributed by atoms with van der Waals surface area (Å²) in [4.78, 5) is 0. The van der Waals surface area contributed by atoms with Crippen molar-refractivity contribution in [1.29, 1.82) is 0 Å². The molecular weight excluding hydrogens is 94.9 g/mol. The van der Waals surface area contributed by atoms with Gasteiger partial charge in [0, 0.05) is 0 Å². The topological polar surface area (TPSA) is 0 Å². The van der Waals surface area contributed by atoms with Gasteiger partial charge < -0.3 is 0 Å². The summed E-state index contributed by atoms with van der Waals surface area (Å²) in [6.45, 7) is 0. The molecule has 0 N–H and O–H groups in total. The van der Waals surface area contributed by atoms with E-state index in [-0.39, 0.29) is 0 Å². The molecule has 0 aliphatic heterocycles. The molecule has 2 saturated carbocycles. The molecular formula is C7H10B. The molecule has 2 fully saturated rings. The molecule has 2 rings (SSSR count). The Morgan fingerprint density at radius 2 is 2.25 bits per heavy atom. The van der Waals surface area contributed by atoms with Crippen LogP contribution in [0, 0.1) is 11.8 Å². The van der Waals surface area contributed by atoms with Crippen molar-refractivity contribution < 1.29 is 0 Å². The summed E-state index contributed by atoms with van der Waals surface area (Å²) in [6, 6.07) is 0. The van der Waals surface area contributed by atoms with Crippen LogP contribution < -0.4 is 0 Å². The van der Waals surface area contributed by atoms with Gasteiger partial charge in [-0.05, 0) is 0 Å². The Kier molecular flexibility index (Phi) is 0.872. The normalized spacial score (nSPS) is 43.6. The van der Waals surface area contributed by atoms with E-state index in [1.807, 2.05) is 0 Å². The van der Waals surface area contributed by atoms with Gasteiger partial charge in [0.05, 0.1) is 0 Å². The van der Waals surface area contributed by atoms with E-state index >= 15 is 0 Å². The Morgan fingerprint density at radius 1 is 1.38 bits per heavy atom. The van der Waals surface area contributed by atoms with Crippen LogP contribution in [0.15, 0.2) is 0 Å². The van der Waals surface area contributed by atoms with Gasteiger partial charge in [-0.3, -0.25) is 0 Å². The van der Waals surface area contributed by atoms with Crippen LogP contribution in [0.2, 0.25) is 0 Å². The molecule has 2 bridgehead atoms. The van der Waals surface area contributed by atoms with Crippen LogP contribution in [0.1, 0.15) is 25.7 Å². The summed E-state index contributed by atoms with van der Waals surface area (Å²) in [7, 11) is 5.74. The average Bonchev–Trinajstić information content (AvgIpc) is 2.23. The molecule has 8 heavy (non-hydrogen) atoms. The zero-order chi connectivity index (χ0) is 5.56. The van der Waals surface area contributed by atoms with Crippen LogP contribution in [0.3, 0.4) is 0 Å². The first kappa shape index (κ1) is 4.78. The molecule has 41 valence electrons. The van der Waals surface area contributed by atoms with Crippen molar-refractivity contribution in [1.82, 2.24) is 0 Å². The van der Waals surface area contributed by atoms with Crippen LogP contribution in [0.25, 0.3) is 0 Å². The van der Waals surface area contributed by atoms with Crippen LogP contribution >= 0.6 is 0 Å². The van der Waals surface area contributed by atoms with Gasteiger partial charge in [-0.1, -0.05) is 0 Å². The Balaban J connectivity index is 2.22. The summed E-state index contributed by atoms with van der Waals surface area (Å²) in [6.07, 6.45) is 5.48. The van der Waals surface area contributed by atoms with Gasteiger partial charge in [0.1, 0.15) is 0 Å². The zero-order valence-corrected chi connectivity index (χ0v) is 5.06. The standard InChI is InChI=1S/C7H10B/c8-7-4-5-1-2-6(7)3-5/h5-6H,1-4H2. The van der Waals surface area contributed by atoms with Gasteiger partial charge >= 0.3 is 50.5 Å². The molecule has 2 aliphatic rings. The van der Waals surface area contributed by atoms with E-state index in [4.69, 9.17) is 7.49 Å². The van der Waals surface area contributed by atoms with Gasteiger partial charge in [0.2, 0.25) is 0 Å². The van der Waals surface area contributed by atoms with E-state index in [0.717, 1.165) is 11.8 Å². The van der Waals surface area contributed by atoms with Gasteiger partial charge in [-0.25, -0.2) is 0 Å². The summed E-state index contributed by atoms with van der Waals surface area (Å²) in [5.74, 6) is 1.82. The maximum atomic E-state index is 5.74. The second kappa shape index (κ2) is 1.46. The molecule has 0 aromatic rings. The van der Waals surface area contributed by atoms with Crippen molar-refractivity contribution >= 4 is 13.0 Å². The van der Waals surface area contributed by atoms with Crippen molar-refractivity contribution in [3.8, 4) is 0 Å². The second-order valence-corrected chi connectivity index (χ2v) is 3.16. The fraction of sp³-hybridized carbons (Fsp3) is 0.857. The van der Waals surface area contributed by atoms with E-state index in [2.05, 4.69) is 0 Å². The fourth-order valence-electron chi connectivity index (χ4n) is 2.10. The summed E-state index contributed by atoms with van der Waals surface area (Å²) in [5, 5.41) is 0. The van der Waals surface area contributed by atoms with Gasteiger partial charge in [0.25, 0.3) is 0 Å². The second-order valence-electron chi connectivity index (χ2n) is 3.16. The van der Waals surface area contributed by atoms with Crippen LogP contribution in [0.4, 0.5) is 0 Å². The van der Waals surface area contributed by atoms with Crippen molar-refractivity contribution in [2.24, 2.45) is 11.8 Å². The molecule has 0 heterocycles. The summed E-state index contributed by atoms with van der Waals surface area (Å²) in [5.41, 5.74) is 1.29. The first-order valence-corrected chi connectivity index (χ1v) is 3.47. The molecule has 2 atom stereocenters. The Hall–Kier alpha value is -0.0651. The van der Waals surface area contributed by atoms with E-state index in [1.165, 1.54) is 31.1 Å². The van der Waals surface area contributed by atoms with Crippen molar-refractivity contribution in [2.45, 2.75) is 25.7 Å². The van der Waals surface area contributed by atoms with Crippen molar-refractivity contribution in [3.63, 3.8) is 0 Å². The molecule has 0 spiro atoms. The molecule has 0 aromatic carbocycles. The molecule has 1 radical (unpaired) electrons. The van der Waals surface area contributed by atoms with Gasteiger partial charge in [-0.2, -0.15) is 0 Å². The Bertz CT molecular complexity index is 128. The minimum absolute atomic E-state index is 0.833. The van der Waals surface area contributed by atoms with Gasteiger partial charge in [0.15, 0.2) is 0 Å². The summed E-state index contributed by atoms with van der Waals surface area (Å²) < 4.78 is 0. The quantitative estimate of drug-likeness (QED) is 0.405. The predicted molar refractivity (Wildman–Crippen MR) is 36.2 cm³/mol. The van der Waals surface area contributed by atoms with E-state index in [0.29, 0.717) is 0 Å². The number of fused-ring (bicyclic) bond motifs is 2. The number of hydrogen-bond acceptors (Lipinski definition) is 0. The van der Waals surface area contributed by atoms with E-state index in [1.54, 1.807) is 0 Å². The number of rotatable bonds is 0. The van der Waals surface area contributed by atoms with Crippen molar-refractivity contribution in [3.05, 3.63) is 0 Å². The van der Waals surface area contributed by atoms with E-state index < -0.39 is 0 Å². The van der Waals surface area contributed by atoms with Crippen LogP contribution in [0.5, 0.6) is 0 Å². The predicted octanol–water partition coefficient (Wildman–Crippen LogP) is 1.15. The average molecular weight is 105 g/mol. The molecule has 0 aromatic heterocycles. The Morgan fingerprint density at radius 3 is 2.50 bits per heavy atom. The van der Waals surface area contributed by atoms with E-state index in [9.17, 15) is 0 Å². The van der Waals surface area contributed by atoms with Gasteiger partial charge in [-0.15, -0.1) is 0 Å². The third-order valence-corrected chi connectivity index (χ3v) is 2.59. The van der Waals surface area contributed by atoms with Crippen molar-refractivity contribution in [2.75, 3.05) is 0 Å². The molecule has 1 heteroatoms. The third-order valence-electron chi connectivity index (χ3n) is 2.59. The Labute approximate surface area is 51.4 Å². The fourth-order valence-corrected chi connectivity index (χ4v) is 2.10. The minimum atomic E-state index is 0.833. The molecule has 0 amide bonds. The maximum absolute atomic E-state index is 5.74.